The topological polar surface area (TPSA) is 30.5 Å². The van der Waals surface area contributed by atoms with E-state index in [0.717, 1.165) is 25.4 Å². The van der Waals surface area contributed by atoms with Crippen LogP contribution in [0.15, 0.2) is 18.2 Å². The molecule has 18 heavy (non-hydrogen) atoms. The highest BCUT2D eigenvalue weighted by Crippen LogP contribution is 2.27. The normalized spacial score (nSPS) is 10.9. The number of hydrogen-bond acceptors (Lipinski definition) is 3. The van der Waals surface area contributed by atoms with Gasteiger partial charge in [-0.25, -0.2) is 0 Å². The van der Waals surface area contributed by atoms with Crippen LogP contribution in [0.25, 0.3) is 0 Å². The van der Waals surface area contributed by atoms with Gasteiger partial charge in [0.2, 0.25) is 0 Å². The average Bonchev–Trinajstić information content (AvgIpc) is 2.33. The first kappa shape index (κ1) is 15.0. The zero-order valence-corrected chi connectivity index (χ0v) is 12.0. The highest BCUT2D eigenvalue weighted by molar-refractivity contribution is 5.39. The van der Waals surface area contributed by atoms with E-state index in [1.807, 2.05) is 0 Å². The molecule has 102 valence electrons. The Morgan fingerprint density at radius 2 is 1.89 bits per heavy atom. The number of ether oxygens (including phenoxy) is 2. The highest BCUT2D eigenvalue weighted by Gasteiger charge is 2.07. The number of nitrogens with one attached hydrogen (secondary N) is 1. The molecule has 0 amide bonds. The molecule has 3 nitrogen and oxygen atoms in total. The highest BCUT2D eigenvalue weighted by atomic mass is 16.5. The fourth-order valence-corrected chi connectivity index (χ4v) is 1.78. The molecule has 0 spiro atoms. The van der Waals surface area contributed by atoms with Gasteiger partial charge >= 0.3 is 0 Å². The molecular weight excluding hydrogens is 226 g/mol. The minimum atomic E-state index is 0.488. The number of methoxy groups -OCH3 is 1. The number of aryl methyl sites for hydroxylation is 1. The van der Waals surface area contributed by atoms with Crippen molar-refractivity contribution in [1.29, 1.82) is 0 Å². The predicted molar refractivity (Wildman–Crippen MR) is 75.5 cm³/mol. The van der Waals surface area contributed by atoms with E-state index in [1.54, 1.807) is 7.11 Å². The van der Waals surface area contributed by atoms with Crippen molar-refractivity contribution in [3.05, 3.63) is 29.3 Å². The largest absolute Gasteiger partial charge is 0.492 e. The van der Waals surface area contributed by atoms with Crippen molar-refractivity contribution in [3.63, 3.8) is 0 Å². The fraction of sp³-hybridized carbons (Fsp3) is 0.600. The average molecular weight is 251 g/mol. The molecule has 1 aromatic rings. The smallest absolute Gasteiger partial charge is 0.123 e. The van der Waals surface area contributed by atoms with E-state index in [0.29, 0.717) is 12.5 Å². The van der Waals surface area contributed by atoms with E-state index in [1.165, 1.54) is 11.1 Å². The summed E-state index contributed by atoms with van der Waals surface area (Å²) in [6.45, 7) is 9.60. The van der Waals surface area contributed by atoms with Crippen molar-refractivity contribution in [3.8, 4) is 5.75 Å². The van der Waals surface area contributed by atoms with Crippen molar-refractivity contribution in [1.82, 2.24) is 5.32 Å². The Balaban J connectivity index is 2.43. The molecule has 0 aliphatic carbocycles. The Kier molecular flexibility index (Phi) is 6.76. The molecule has 0 fully saturated rings. The van der Waals surface area contributed by atoms with Gasteiger partial charge < -0.3 is 14.8 Å². The van der Waals surface area contributed by atoms with Gasteiger partial charge in [-0.3, -0.25) is 0 Å². The van der Waals surface area contributed by atoms with Crippen LogP contribution in [0.4, 0.5) is 0 Å². The Bertz CT molecular complexity index is 350. The molecule has 0 aliphatic heterocycles. The zero-order chi connectivity index (χ0) is 13.4. The third-order valence-electron chi connectivity index (χ3n) is 2.81. The van der Waals surface area contributed by atoms with Gasteiger partial charge in [-0.05, 0) is 30.0 Å². The monoisotopic (exact) mass is 251 g/mol. The third-order valence-corrected chi connectivity index (χ3v) is 2.81. The summed E-state index contributed by atoms with van der Waals surface area (Å²) >= 11 is 0. The van der Waals surface area contributed by atoms with E-state index < -0.39 is 0 Å². The molecule has 0 saturated heterocycles. The van der Waals surface area contributed by atoms with Crippen LogP contribution in [0.1, 0.15) is 30.9 Å². The fourth-order valence-electron chi connectivity index (χ4n) is 1.78. The predicted octanol–water partition coefficient (Wildman–Crippen LogP) is 2.73. The summed E-state index contributed by atoms with van der Waals surface area (Å²) in [6.07, 6.45) is 0. The van der Waals surface area contributed by atoms with Gasteiger partial charge in [0.1, 0.15) is 12.4 Å². The minimum Gasteiger partial charge on any atom is -0.492 e. The quantitative estimate of drug-likeness (QED) is 0.721. The van der Waals surface area contributed by atoms with Gasteiger partial charge in [0.15, 0.2) is 0 Å². The molecule has 0 aromatic heterocycles. The van der Waals surface area contributed by atoms with Gasteiger partial charge in [-0.15, -0.1) is 0 Å². The Labute approximate surface area is 110 Å². The standard InChI is InChI=1S/C15H25NO2/c1-12(2)14-6-5-13(3)11-15(14)18-10-8-16-7-9-17-4/h5-6,11-12,16H,7-10H2,1-4H3. The molecular formula is C15H25NO2. The maximum absolute atomic E-state index is 5.86. The summed E-state index contributed by atoms with van der Waals surface area (Å²) in [5, 5.41) is 3.27. The number of rotatable bonds is 8. The van der Waals surface area contributed by atoms with E-state index in [4.69, 9.17) is 9.47 Å². The Morgan fingerprint density at radius 3 is 2.56 bits per heavy atom. The van der Waals surface area contributed by atoms with Crippen molar-refractivity contribution in [2.24, 2.45) is 0 Å². The minimum absolute atomic E-state index is 0.488. The third kappa shape index (κ3) is 5.07. The lowest BCUT2D eigenvalue weighted by Crippen LogP contribution is -2.24. The van der Waals surface area contributed by atoms with Crippen LogP contribution < -0.4 is 10.1 Å². The van der Waals surface area contributed by atoms with Crippen molar-refractivity contribution in [2.75, 3.05) is 33.4 Å². The van der Waals surface area contributed by atoms with Crippen LogP contribution in [-0.4, -0.2) is 33.4 Å². The van der Waals surface area contributed by atoms with Crippen molar-refractivity contribution < 1.29 is 9.47 Å². The summed E-state index contributed by atoms with van der Waals surface area (Å²) in [5.41, 5.74) is 2.51. The van der Waals surface area contributed by atoms with E-state index >= 15 is 0 Å². The molecule has 0 aliphatic rings. The molecule has 1 aromatic carbocycles. The summed E-state index contributed by atoms with van der Waals surface area (Å²) in [7, 11) is 1.71. The van der Waals surface area contributed by atoms with E-state index in [2.05, 4.69) is 44.3 Å². The molecule has 0 atom stereocenters. The van der Waals surface area contributed by atoms with Crippen LogP contribution in [-0.2, 0) is 4.74 Å². The Hall–Kier alpha value is -1.06. The molecule has 0 unspecified atom stereocenters. The van der Waals surface area contributed by atoms with Crippen LogP contribution in [0.2, 0.25) is 0 Å². The molecule has 0 saturated carbocycles. The molecule has 0 bridgehead atoms. The zero-order valence-electron chi connectivity index (χ0n) is 12.0. The second kappa shape index (κ2) is 8.11. The van der Waals surface area contributed by atoms with E-state index in [-0.39, 0.29) is 0 Å². The SMILES string of the molecule is COCCNCCOc1cc(C)ccc1C(C)C. The van der Waals surface area contributed by atoms with Crippen LogP contribution in [0.5, 0.6) is 5.75 Å². The molecule has 0 heterocycles. The van der Waals surface area contributed by atoms with E-state index in [9.17, 15) is 0 Å². The summed E-state index contributed by atoms with van der Waals surface area (Å²) in [4.78, 5) is 0. The lowest BCUT2D eigenvalue weighted by Gasteiger charge is -2.15. The van der Waals surface area contributed by atoms with Crippen LogP contribution >= 0.6 is 0 Å². The molecule has 0 radical (unpaired) electrons. The molecule has 3 heteroatoms. The first-order valence-corrected chi connectivity index (χ1v) is 6.58. The maximum Gasteiger partial charge on any atom is 0.123 e. The van der Waals surface area contributed by atoms with Crippen LogP contribution in [0, 0.1) is 6.92 Å². The first-order valence-electron chi connectivity index (χ1n) is 6.58. The molecule has 1 rings (SSSR count). The van der Waals surface area contributed by atoms with Gasteiger partial charge in [0.05, 0.1) is 6.61 Å². The Morgan fingerprint density at radius 1 is 1.17 bits per heavy atom. The lowest BCUT2D eigenvalue weighted by molar-refractivity contribution is 0.196. The number of benzene rings is 1. The van der Waals surface area contributed by atoms with Crippen LogP contribution in [0.3, 0.4) is 0 Å². The summed E-state index contributed by atoms with van der Waals surface area (Å²) in [5.74, 6) is 1.50. The maximum atomic E-state index is 5.86. The first-order chi connectivity index (χ1) is 8.65. The van der Waals surface area contributed by atoms with Crippen molar-refractivity contribution >= 4 is 0 Å². The molecule has 1 N–H and O–H groups in total. The van der Waals surface area contributed by atoms with Gasteiger partial charge in [-0.1, -0.05) is 26.0 Å². The van der Waals surface area contributed by atoms with Gasteiger partial charge in [0.25, 0.3) is 0 Å². The van der Waals surface area contributed by atoms with Crippen molar-refractivity contribution in [2.45, 2.75) is 26.7 Å². The second-order valence-electron chi connectivity index (χ2n) is 4.79. The van der Waals surface area contributed by atoms with Gasteiger partial charge in [0, 0.05) is 20.2 Å². The number of hydrogen-bond donors (Lipinski definition) is 1. The summed E-state index contributed by atoms with van der Waals surface area (Å²) in [6, 6.07) is 6.41. The lowest BCUT2D eigenvalue weighted by atomic mass is 10.0. The summed E-state index contributed by atoms with van der Waals surface area (Å²) < 4.78 is 10.8. The van der Waals surface area contributed by atoms with Gasteiger partial charge in [-0.2, -0.15) is 0 Å². The second-order valence-corrected chi connectivity index (χ2v) is 4.79.